The number of hydrogen-bond donors (Lipinski definition) is 1. The first-order chi connectivity index (χ1) is 7.63. The van der Waals surface area contributed by atoms with Crippen LogP contribution in [-0.2, 0) is 15.4 Å². The lowest BCUT2D eigenvalue weighted by molar-refractivity contribution is 0.590. The predicted octanol–water partition coefficient (Wildman–Crippen LogP) is 3.13. The zero-order valence-corrected chi connectivity index (χ0v) is 11.9. The van der Waals surface area contributed by atoms with Crippen LogP contribution in [0.5, 0.6) is 0 Å². The van der Waals surface area contributed by atoms with Gasteiger partial charge in [0.2, 0.25) is 10.0 Å². The Morgan fingerprint density at radius 2 is 1.53 bits per heavy atom. The Hall–Kier alpha value is -1.03. The second kappa shape index (κ2) is 4.69. The van der Waals surface area contributed by atoms with E-state index in [-0.39, 0.29) is 5.41 Å². The van der Waals surface area contributed by atoms with Crippen molar-refractivity contribution >= 4 is 15.7 Å². The number of benzene rings is 1. The molecule has 1 N–H and O–H groups in total. The van der Waals surface area contributed by atoms with E-state index in [9.17, 15) is 8.42 Å². The van der Waals surface area contributed by atoms with Crippen molar-refractivity contribution in [3.63, 3.8) is 0 Å². The highest BCUT2D eigenvalue weighted by molar-refractivity contribution is 7.93. The minimum absolute atomic E-state index is 0.0788. The molecule has 0 heterocycles. The van der Waals surface area contributed by atoms with Crippen molar-refractivity contribution < 1.29 is 8.42 Å². The van der Waals surface area contributed by atoms with Crippen LogP contribution in [0.4, 0.5) is 5.69 Å². The van der Waals surface area contributed by atoms with E-state index >= 15 is 0 Å². The lowest BCUT2D eigenvalue weighted by atomic mass is 9.87. The first-order valence-corrected chi connectivity index (χ1v) is 7.30. The van der Waals surface area contributed by atoms with E-state index in [0.29, 0.717) is 5.69 Å². The Balaban J connectivity index is 2.91. The monoisotopic (exact) mass is 255 g/mol. The SMILES string of the molecule is CC(C)S(=O)(=O)Nc1ccc(C(C)(C)C)cc1. The quantitative estimate of drug-likeness (QED) is 0.902. The molecule has 96 valence electrons. The van der Waals surface area contributed by atoms with Crippen molar-refractivity contribution in [3.05, 3.63) is 29.8 Å². The van der Waals surface area contributed by atoms with Gasteiger partial charge in [0.15, 0.2) is 0 Å². The second-order valence-electron chi connectivity index (χ2n) is 5.52. The van der Waals surface area contributed by atoms with E-state index < -0.39 is 15.3 Å². The summed E-state index contributed by atoms with van der Waals surface area (Å²) >= 11 is 0. The van der Waals surface area contributed by atoms with E-state index in [0.717, 1.165) is 0 Å². The van der Waals surface area contributed by atoms with Crippen molar-refractivity contribution in [1.29, 1.82) is 0 Å². The molecule has 4 heteroatoms. The molecule has 0 radical (unpaired) electrons. The van der Waals surface area contributed by atoms with Gasteiger partial charge in [0.25, 0.3) is 0 Å². The van der Waals surface area contributed by atoms with E-state index in [2.05, 4.69) is 25.5 Å². The topological polar surface area (TPSA) is 46.2 Å². The van der Waals surface area contributed by atoms with Crippen LogP contribution < -0.4 is 4.72 Å². The van der Waals surface area contributed by atoms with Crippen molar-refractivity contribution in [2.45, 2.75) is 45.3 Å². The summed E-state index contributed by atoms with van der Waals surface area (Å²) in [5.74, 6) is 0. The molecule has 0 aliphatic heterocycles. The summed E-state index contributed by atoms with van der Waals surface area (Å²) in [5, 5.41) is -0.426. The van der Waals surface area contributed by atoms with Gasteiger partial charge in [-0.05, 0) is 37.0 Å². The van der Waals surface area contributed by atoms with Crippen LogP contribution in [0.1, 0.15) is 40.2 Å². The molecule has 0 aromatic heterocycles. The van der Waals surface area contributed by atoms with Crippen LogP contribution in [0.15, 0.2) is 24.3 Å². The molecule has 0 aliphatic carbocycles. The Morgan fingerprint density at radius 3 is 1.88 bits per heavy atom. The lowest BCUT2D eigenvalue weighted by Gasteiger charge is -2.19. The number of anilines is 1. The van der Waals surface area contributed by atoms with Crippen LogP contribution in [-0.4, -0.2) is 13.7 Å². The highest BCUT2D eigenvalue weighted by Gasteiger charge is 2.16. The smallest absolute Gasteiger partial charge is 0.235 e. The van der Waals surface area contributed by atoms with Crippen molar-refractivity contribution in [2.75, 3.05) is 4.72 Å². The first-order valence-electron chi connectivity index (χ1n) is 5.75. The Kier molecular flexibility index (Phi) is 3.87. The molecular formula is C13H21NO2S. The van der Waals surface area contributed by atoms with Crippen LogP contribution in [0.25, 0.3) is 0 Å². The van der Waals surface area contributed by atoms with Gasteiger partial charge in [-0.15, -0.1) is 0 Å². The molecule has 0 spiro atoms. The van der Waals surface area contributed by atoms with E-state index in [1.807, 2.05) is 12.1 Å². The van der Waals surface area contributed by atoms with Gasteiger partial charge in [-0.1, -0.05) is 32.9 Å². The fourth-order valence-electron chi connectivity index (χ4n) is 1.32. The standard InChI is InChI=1S/C13H21NO2S/c1-10(2)17(15,16)14-12-8-6-11(7-9-12)13(3,4)5/h6-10,14H,1-5H3. The first kappa shape index (κ1) is 14.0. The van der Waals surface area contributed by atoms with E-state index in [4.69, 9.17) is 0 Å². The van der Waals surface area contributed by atoms with Crippen molar-refractivity contribution in [1.82, 2.24) is 0 Å². The Bertz CT molecular complexity index is 467. The summed E-state index contributed by atoms with van der Waals surface area (Å²) in [6.07, 6.45) is 0. The molecule has 3 nitrogen and oxygen atoms in total. The van der Waals surface area contributed by atoms with Crippen molar-refractivity contribution in [3.8, 4) is 0 Å². The normalized spacial score (nSPS) is 12.8. The third-order valence-corrected chi connectivity index (χ3v) is 4.39. The molecule has 0 saturated carbocycles. The molecule has 0 amide bonds. The number of nitrogens with one attached hydrogen (secondary N) is 1. The van der Waals surface area contributed by atoms with Crippen LogP contribution >= 0.6 is 0 Å². The maximum atomic E-state index is 11.7. The minimum Gasteiger partial charge on any atom is -0.283 e. The average Bonchev–Trinajstić information content (AvgIpc) is 2.16. The van der Waals surface area contributed by atoms with Gasteiger partial charge in [0.1, 0.15) is 0 Å². The summed E-state index contributed by atoms with van der Waals surface area (Å²) in [4.78, 5) is 0. The third kappa shape index (κ3) is 3.73. The largest absolute Gasteiger partial charge is 0.283 e. The summed E-state index contributed by atoms with van der Waals surface area (Å²) in [5.41, 5.74) is 1.88. The zero-order valence-electron chi connectivity index (χ0n) is 11.1. The molecule has 0 aliphatic rings. The zero-order chi connectivity index (χ0) is 13.3. The minimum atomic E-state index is -3.25. The Morgan fingerprint density at radius 1 is 1.06 bits per heavy atom. The van der Waals surface area contributed by atoms with Gasteiger partial charge in [-0.25, -0.2) is 8.42 Å². The summed E-state index contributed by atoms with van der Waals surface area (Å²) in [7, 11) is -3.25. The fourth-order valence-corrected chi connectivity index (χ4v) is 2.02. The van der Waals surface area contributed by atoms with Gasteiger partial charge >= 0.3 is 0 Å². The molecule has 17 heavy (non-hydrogen) atoms. The van der Waals surface area contributed by atoms with Gasteiger partial charge < -0.3 is 0 Å². The second-order valence-corrected chi connectivity index (χ2v) is 7.76. The molecule has 0 fully saturated rings. The van der Waals surface area contributed by atoms with E-state index in [1.54, 1.807) is 26.0 Å². The highest BCUT2D eigenvalue weighted by atomic mass is 32.2. The maximum Gasteiger partial charge on any atom is 0.235 e. The number of hydrogen-bond acceptors (Lipinski definition) is 2. The lowest BCUT2D eigenvalue weighted by Crippen LogP contribution is -2.22. The molecule has 1 aromatic carbocycles. The van der Waals surface area contributed by atoms with Crippen LogP contribution in [0.2, 0.25) is 0 Å². The number of rotatable bonds is 3. The molecule has 0 atom stereocenters. The third-order valence-electron chi connectivity index (χ3n) is 2.63. The summed E-state index contributed by atoms with van der Waals surface area (Å²) < 4.78 is 25.9. The molecule has 0 unspecified atom stereocenters. The van der Waals surface area contributed by atoms with Crippen LogP contribution in [0, 0.1) is 0 Å². The van der Waals surface area contributed by atoms with Gasteiger partial charge in [-0.3, -0.25) is 4.72 Å². The van der Waals surface area contributed by atoms with Gasteiger partial charge in [0, 0.05) is 5.69 Å². The number of sulfonamides is 1. The molecular weight excluding hydrogens is 234 g/mol. The summed E-state index contributed by atoms with van der Waals surface area (Å²) in [6, 6.07) is 7.53. The molecule has 1 aromatic rings. The molecule has 0 saturated heterocycles. The fraction of sp³-hybridized carbons (Fsp3) is 0.538. The Labute approximate surface area is 104 Å². The molecule has 1 rings (SSSR count). The highest BCUT2D eigenvalue weighted by Crippen LogP contribution is 2.24. The van der Waals surface area contributed by atoms with Gasteiger partial charge in [-0.2, -0.15) is 0 Å². The van der Waals surface area contributed by atoms with Gasteiger partial charge in [0.05, 0.1) is 5.25 Å². The van der Waals surface area contributed by atoms with Crippen molar-refractivity contribution in [2.24, 2.45) is 0 Å². The molecule has 0 bridgehead atoms. The maximum absolute atomic E-state index is 11.7. The predicted molar refractivity (Wildman–Crippen MR) is 72.8 cm³/mol. The summed E-state index contributed by atoms with van der Waals surface area (Å²) in [6.45, 7) is 9.69. The van der Waals surface area contributed by atoms with E-state index in [1.165, 1.54) is 5.56 Å². The van der Waals surface area contributed by atoms with Crippen LogP contribution in [0.3, 0.4) is 0 Å². The average molecular weight is 255 g/mol.